The Morgan fingerprint density at radius 2 is 1.88 bits per heavy atom. The third-order valence-electron chi connectivity index (χ3n) is 4.26. The van der Waals surface area contributed by atoms with Crippen molar-refractivity contribution < 1.29 is 14.7 Å². The number of para-hydroxylation sites is 1. The lowest BCUT2D eigenvalue weighted by Crippen LogP contribution is -2.30. The van der Waals surface area contributed by atoms with E-state index in [2.05, 4.69) is 4.98 Å². The van der Waals surface area contributed by atoms with Crippen LogP contribution in [0.1, 0.15) is 18.5 Å². The second-order valence-corrected chi connectivity index (χ2v) is 7.36. The summed E-state index contributed by atoms with van der Waals surface area (Å²) in [5.41, 5.74) is 1.50. The number of aliphatic hydroxyl groups excluding tert-OH is 1. The number of ketones is 1. The van der Waals surface area contributed by atoms with Crippen molar-refractivity contribution in [2.75, 3.05) is 4.90 Å². The van der Waals surface area contributed by atoms with E-state index in [1.165, 1.54) is 23.2 Å². The van der Waals surface area contributed by atoms with Gasteiger partial charge in [0.25, 0.3) is 5.91 Å². The minimum absolute atomic E-state index is 0.0663. The normalized spacial score (nSPS) is 17.4. The lowest BCUT2D eigenvalue weighted by molar-refractivity contribution is -0.117. The van der Waals surface area contributed by atoms with E-state index in [0.29, 0.717) is 15.7 Å². The number of carbonyl (C=O) groups is 2. The van der Waals surface area contributed by atoms with Crippen LogP contribution in [-0.4, -0.2) is 21.8 Å². The van der Waals surface area contributed by atoms with Gasteiger partial charge in [0.1, 0.15) is 0 Å². The first-order chi connectivity index (χ1) is 12.5. The van der Waals surface area contributed by atoms with Gasteiger partial charge in [0.05, 0.1) is 21.8 Å². The zero-order valence-corrected chi connectivity index (χ0v) is 15.2. The summed E-state index contributed by atoms with van der Waals surface area (Å²) in [7, 11) is 0. The number of hydrogen-bond acceptors (Lipinski definition) is 5. The molecule has 2 aromatic carbocycles. The molecule has 5 nitrogen and oxygen atoms in total. The van der Waals surface area contributed by atoms with Gasteiger partial charge in [0.15, 0.2) is 16.7 Å². The van der Waals surface area contributed by atoms with Gasteiger partial charge in [0, 0.05) is 5.02 Å². The van der Waals surface area contributed by atoms with E-state index in [4.69, 9.17) is 11.6 Å². The molecule has 1 amide bonds. The van der Waals surface area contributed by atoms with Crippen molar-refractivity contribution in [2.45, 2.75) is 13.0 Å². The van der Waals surface area contributed by atoms with Crippen LogP contribution in [0.4, 0.5) is 5.13 Å². The predicted octanol–water partition coefficient (Wildman–Crippen LogP) is 4.44. The smallest absolute Gasteiger partial charge is 0.296 e. The van der Waals surface area contributed by atoms with E-state index in [0.717, 1.165) is 10.2 Å². The Morgan fingerprint density at radius 1 is 1.19 bits per heavy atom. The van der Waals surface area contributed by atoms with Gasteiger partial charge < -0.3 is 5.11 Å². The quantitative estimate of drug-likeness (QED) is 0.724. The number of benzene rings is 2. The Hall–Kier alpha value is -2.70. The summed E-state index contributed by atoms with van der Waals surface area (Å²) < 4.78 is 0.918. The molecule has 1 aliphatic rings. The van der Waals surface area contributed by atoms with Crippen molar-refractivity contribution in [2.24, 2.45) is 0 Å². The maximum Gasteiger partial charge on any atom is 0.296 e. The molecule has 1 atom stereocenters. The average molecular weight is 385 g/mol. The summed E-state index contributed by atoms with van der Waals surface area (Å²) in [4.78, 5) is 30.8. The number of anilines is 1. The van der Waals surface area contributed by atoms with Gasteiger partial charge in [-0.2, -0.15) is 0 Å². The fraction of sp³-hybridized carbons (Fsp3) is 0.105. The van der Waals surface area contributed by atoms with E-state index in [-0.39, 0.29) is 11.4 Å². The first-order valence-electron chi connectivity index (χ1n) is 7.86. The fourth-order valence-corrected chi connectivity index (χ4v) is 4.20. The number of rotatable bonds is 3. The summed E-state index contributed by atoms with van der Waals surface area (Å²) in [6.07, 6.45) is 0. The van der Waals surface area contributed by atoms with Gasteiger partial charge in [-0.15, -0.1) is 0 Å². The van der Waals surface area contributed by atoms with Gasteiger partial charge in [-0.1, -0.05) is 47.2 Å². The number of aromatic nitrogens is 1. The number of nitrogens with zero attached hydrogens (tertiary/aromatic N) is 2. The van der Waals surface area contributed by atoms with Crippen LogP contribution in [0.5, 0.6) is 0 Å². The highest BCUT2D eigenvalue weighted by Gasteiger charge is 2.44. The zero-order chi connectivity index (χ0) is 18.4. The molecule has 130 valence electrons. The first kappa shape index (κ1) is 16.8. The molecule has 26 heavy (non-hydrogen) atoms. The van der Waals surface area contributed by atoms with Gasteiger partial charge in [-0.3, -0.25) is 14.5 Å². The summed E-state index contributed by atoms with van der Waals surface area (Å²) in [5.74, 6) is -1.52. The zero-order valence-electron chi connectivity index (χ0n) is 13.6. The molecule has 0 saturated heterocycles. The highest BCUT2D eigenvalue weighted by molar-refractivity contribution is 7.22. The molecule has 1 unspecified atom stereocenters. The molecule has 1 aliphatic heterocycles. The van der Waals surface area contributed by atoms with Crippen molar-refractivity contribution in [3.63, 3.8) is 0 Å². The Balaban J connectivity index is 1.90. The number of amides is 1. The van der Waals surface area contributed by atoms with Crippen molar-refractivity contribution >= 4 is 50.0 Å². The lowest BCUT2D eigenvalue weighted by atomic mass is 9.97. The molecular formula is C19H13ClN2O3S. The van der Waals surface area contributed by atoms with Crippen LogP contribution >= 0.6 is 22.9 Å². The molecular weight excluding hydrogens is 372 g/mol. The third-order valence-corrected chi connectivity index (χ3v) is 5.55. The summed E-state index contributed by atoms with van der Waals surface area (Å²) in [5, 5.41) is 11.3. The number of thiazole rings is 1. The molecule has 4 rings (SSSR count). The minimum Gasteiger partial charge on any atom is -0.503 e. The van der Waals surface area contributed by atoms with Gasteiger partial charge in [-0.05, 0) is 36.8 Å². The SMILES string of the molecule is CC(=O)C1=C(O)C(=O)N(c2nc3ccccc3s2)C1c1ccc(Cl)cc1. The van der Waals surface area contributed by atoms with Crippen LogP contribution in [0.15, 0.2) is 59.9 Å². The first-order valence-corrected chi connectivity index (χ1v) is 9.05. The van der Waals surface area contributed by atoms with Crippen LogP contribution in [0.3, 0.4) is 0 Å². The molecule has 0 radical (unpaired) electrons. The molecule has 2 heterocycles. The molecule has 0 aliphatic carbocycles. The molecule has 0 saturated carbocycles. The van der Waals surface area contributed by atoms with Crippen LogP contribution in [0.2, 0.25) is 5.02 Å². The van der Waals surface area contributed by atoms with E-state index >= 15 is 0 Å². The van der Waals surface area contributed by atoms with Gasteiger partial charge >= 0.3 is 0 Å². The Kier molecular flexibility index (Phi) is 4.01. The van der Waals surface area contributed by atoms with E-state index in [9.17, 15) is 14.7 Å². The monoisotopic (exact) mass is 384 g/mol. The number of Topliss-reactive ketones (excluding diaryl/α,β-unsaturated/α-hetero) is 1. The van der Waals surface area contributed by atoms with Crippen molar-refractivity contribution in [1.29, 1.82) is 0 Å². The minimum atomic E-state index is -0.738. The standard InChI is InChI=1S/C19H13ClN2O3S/c1-10(23)15-16(11-6-8-12(20)9-7-11)22(18(25)17(15)24)19-21-13-4-2-3-5-14(13)26-19/h2-9,16,24H,1H3. The molecule has 1 aromatic heterocycles. The van der Waals surface area contributed by atoms with Crippen molar-refractivity contribution in [3.05, 3.63) is 70.4 Å². The highest BCUT2D eigenvalue weighted by atomic mass is 35.5. The van der Waals surface area contributed by atoms with Crippen LogP contribution < -0.4 is 4.90 Å². The molecule has 0 fully saturated rings. The maximum absolute atomic E-state index is 12.8. The average Bonchev–Trinajstić information content (AvgIpc) is 3.15. The lowest BCUT2D eigenvalue weighted by Gasteiger charge is -2.24. The van der Waals surface area contributed by atoms with Crippen LogP contribution in [0.25, 0.3) is 10.2 Å². The molecule has 7 heteroatoms. The number of aliphatic hydroxyl groups is 1. The van der Waals surface area contributed by atoms with E-state index in [1.807, 2.05) is 24.3 Å². The Labute approximate surface area is 158 Å². The van der Waals surface area contributed by atoms with Gasteiger partial charge in [-0.25, -0.2) is 4.98 Å². The van der Waals surface area contributed by atoms with E-state index in [1.54, 1.807) is 24.3 Å². The van der Waals surface area contributed by atoms with E-state index < -0.39 is 17.7 Å². The summed E-state index contributed by atoms with van der Waals surface area (Å²) in [6.45, 7) is 1.34. The van der Waals surface area contributed by atoms with Crippen LogP contribution in [-0.2, 0) is 9.59 Å². The predicted molar refractivity (Wildman–Crippen MR) is 102 cm³/mol. The van der Waals surface area contributed by atoms with Crippen molar-refractivity contribution in [3.8, 4) is 0 Å². The second-order valence-electron chi connectivity index (χ2n) is 5.91. The number of hydrogen-bond donors (Lipinski definition) is 1. The largest absolute Gasteiger partial charge is 0.503 e. The topological polar surface area (TPSA) is 70.5 Å². The van der Waals surface area contributed by atoms with Crippen LogP contribution in [0, 0.1) is 0 Å². The van der Waals surface area contributed by atoms with Gasteiger partial charge in [0.2, 0.25) is 0 Å². The number of fused-ring (bicyclic) bond motifs is 1. The maximum atomic E-state index is 12.8. The fourth-order valence-electron chi connectivity index (χ4n) is 3.09. The number of carbonyl (C=O) groups excluding carboxylic acids is 2. The summed E-state index contributed by atoms with van der Waals surface area (Å²) in [6, 6.07) is 13.6. The molecule has 0 bridgehead atoms. The highest BCUT2D eigenvalue weighted by Crippen LogP contribution is 2.43. The molecule has 3 aromatic rings. The molecule has 0 spiro atoms. The van der Waals surface area contributed by atoms with Crippen molar-refractivity contribution in [1.82, 2.24) is 4.98 Å². The Morgan fingerprint density at radius 3 is 2.54 bits per heavy atom. The second kappa shape index (κ2) is 6.23. The summed E-state index contributed by atoms with van der Waals surface area (Å²) >= 11 is 7.30. The molecule has 1 N–H and O–H groups in total. The number of halogens is 1. The third kappa shape index (κ3) is 2.58. The Bertz CT molecular complexity index is 1040.